The Labute approximate surface area is 204 Å². The third-order valence-electron chi connectivity index (χ3n) is 6.98. The van der Waals surface area contributed by atoms with Gasteiger partial charge in [-0.05, 0) is 36.8 Å². The van der Waals surface area contributed by atoms with Crippen molar-refractivity contribution in [2.75, 3.05) is 33.3 Å². The minimum atomic E-state index is 0.00665. The van der Waals surface area contributed by atoms with Gasteiger partial charge < -0.3 is 9.64 Å². The van der Waals surface area contributed by atoms with E-state index >= 15 is 0 Å². The van der Waals surface area contributed by atoms with Crippen LogP contribution in [0.3, 0.4) is 0 Å². The maximum absolute atomic E-state index is 13.5. The minimum Gasteiger partial charge on any atom is -0.378 e. The van der Waals surface area contributed by atoms with Gasteiger partial charge >= 0.3 is 0 Å². The van der Waals surface area contributed by atoms with Crippen LogP contribution < -0.4 is 0 Å². The van der Waals surface area contributed by atoms with E-state index in [4.69, 9.17) is 9.72 Å². The number of thiophene rings is 1. The second-order valence-electron chi connectivity index (χ2n) is 9.15. The molecule has 3 aromatic heterocycles. The number of piperazine rings is 1. The van der Waals surface area contributed by atoms with Crippen LogP contribution in [0.4, 0.5) is 0 Å². The number of hydrogen-bond donors (Lipinski definition) is 0. The molecule has 1 amide bonds. The second kappa shape index (κ2) is 10.3. The lowest BCUT2D eigenvalue weighted by molar-refractivity contribution is 0.0519. The molecule has 34 heavy (non-hydrogen) atoms. The number of nitrogens with zero attached hydrogens (tertiary/aromatic N) is 6. The molecule has 2 aliphatic rings. The van der Waals surface area contributed by atoms with Crippen LogP contribution in [-0.2, 0) is 11.3 Å². The standard InChI is InChI=1S/C25H32N6O2S/c1-18-15-26-25(28-23(18)22-9-6-14-34-22)31-21(17-33-2)20(16-27-31)24(32)30-12-10-29(11-13-30)19-7-4-3-5-8-19/h6,9,14-16,19H,3-5,7-8,10-13,17H2,1-2H3. The molecule has 1 aliphatic heterocycles. The van der Waals surface area contributed by atoms with E-state index in [9.17, 15) is 4.79 Å². The molecule has 8 nitrogen and oxygen atoms in total. The van der Waals surface area contributed by atoms with E-state index in [1.807, 2.05) is 35.5 Å². The van der Waals surface area contributed by atoms with Gasteiger partial charge in [0.15, 0.2) is 0 Å². The van der Waals surface area contributed by atoms with Gasteiger partial charge in [-0.3, -0.25) is 9.69 Å². The quantitative estimate of drug-likeness (QED) is 0.532. The fraction of sp³-hybridized carbons (Fsp3) is 0.520. The van der Waals surface area contributed by atoms with E-state index in [1.54, 1.807) is 29.3 Å². The van der Waals surface area contributed by atoms with Gasteiger partial charge in [0.1, 0.15) is 0 Å². The van der Waals surface area contributed by atoms with E-state index in [0.717, 1.165) is 42.3 Å². The number of amides is 1. The first-order valence-corrected chi connectivity index (χ1v) is 13.0. The zero-order valence-electron chi connectivity index (χ0n) is 19.9. The first-order valence-electron chi connectivity index (χ1n) is 12.1. The summed E-state index contributed by atoms with van der Waals surface area (Å²) in [6.07, 6.45) is 10.1. The van der Waals surface area contributed by atoms with Crippen LogP contribution in [0.15, 0.2) is 29.9 Å². The van der Waals surface area contributed by atoms with E-state index in [-0.39, 0.29) is 12.5 Å². The lowest BCUT2D eigenvalue weighted by Gasteiger charge is -2.40. The number of carbonyl (C=O) groups is 1. The minimum absolute atomic E-state index is 0.00665. The van der Waals surface area contributed by atoms with Crippen LogP contribution in [-0.4, -0.2) is 74.8 Å². The third kappa shape index (κ3) is 4.64. The average molecular weight is 481 g/mol. The molecule has 1 saturated carbocycles. The summed E-state index contributed by atoms with van der Waals surface area (Å²) in [5.41, 5.74) is 3.13. The molecule has 0 N–H and O–H groups in total. The summed E-state index contributed by atoms with van der Waals surface area (Å²) < 4.78 is 7.10. The molecule has 0 unspecified atom stereocenters. The molecule has 9 heteroatoms. The molecule has 0 atom stereocenters. The normalized spacial score (nSPS) is 17.9. The van der Waals surface area contributed by atoms with Crippen molar-refractivity contribution in [2.24, 2.45) is 0 Å². The SMILES string of the molecule is COCc1c(C(=O)N2CCN(C3CCCCC3)CC2)cnn1-c1ncc(C)c(-c2cccs2)n1. The number of aromatic nitrogens is 4. The van der Waals surface area contributed by atoms with Crippen LogP contribution in [0.2, 0.25) is 0 Å². The molecule has 0 radical (unpaired) electrons. The van der Waals surface area contributed by atoms with Crippen molar-refractivity contribution in [3.8, 4) is 16.5 Å². The molecule has 0 aromatic carbocycles. The second-order valence-corrected chi connectivity index (χ2v) is 10.1. The van der Waals surface area contributed by atoms with E-state index in [2.05, 4.69) is 15.0 Å². The molecule has 4 heterocycles. The highest BCUT2D eigenvalue weighted by Gasteiger charge is 2.30. The Bertz CT molecular complexity index is 1110. The molecule has 1 aliphatic carbocycles. The molecule has 2 fully saturated rings. The summed E-state index contributed by atoms with van der Waals surface area (Å²) in [4.78, 5) is 28.4. The fourth-order valence-corrected chi connectivity index (χ4v) is 5.88. The van der Waals surface area contributed by atoms with Crippen LogP contribution >= 0.6 is 11.3 Å². The van der Waals surface area contributed by atoms with E-state index < -0.39 is 0 Å². The molecule has 1 saturated heterocycles. The zero-order valence-corrected chi connectivity index (χ0v) is 20.8. The lowest BCUT2D eigenvalue weighted by Crippen LogP contribution is -2.52. The highest BCUT2D eigenvalue weighted by atomic mass is 32.1. The summed E-state index contributed by atoms with van der Waals surface area (Å²) >= 11 is 1.64. The summed E-state index contributed by atoms with van der Waals surface area (Å²) in [5.74, 6) is 0.453. The fourth-order valence-electron chi connectivity index (χ4n) is 5.10. The monoisotopic (exact) mass is 480 g/mol. The third-order valence-corrected chi connectivity index (χ3v) is 7.85. The smallest absolute Gasteiger partial charge is 0.257 e. The highest BCUT2D eigenvalue weighted by molar-refractivity contribution is 7.13. The number of carbonyl (C=O) groups excluding carboxylic acids is 1. The van der Waals surface area contributed by atoms with Gasteiger partial charge in [0.05, 0.1) is 34.6 Å². The van der Waals surface area contributed by atoms with Crippen molar-refractivity contribution in [1.29, 1.82) is 0 Å². The van der Waals surface area contributed by atoms with Gasteiger partial charge in [0.25, 0.3) is 11.9 Å². The average Bonchev–Trinajstić information content (AvgIpc) is 3.56. The summed E-state index contributed by atoms with van der Waals surface area (Å²) in [5, 5.41) is 6.55. The highest BCUT2D eigenvalue weighted by Crippen LogP contribution is 2.27. The van der Waals surface area contributed by atoms with Gasteiger partial charge in [0.2, 0.25) is 0 Å². The van der Waals surface area contributed by atoms with Gasteiger partial charge in [0, 0.05) is 45.5 Å². The van der Waals surface area contributed by atoms with Crippen LogP contribution in [0.5, 0.6) is 0 Å². The number of aryl methyl sites for hydroxylation is 1. The summed E-state index contributed by atoms with van der Waals surface area (Å²) in [6.45, 7) is 5.63. The Kier molecular flexibility index (Phi) is 7.03. The first-order chi connectivity index (χ1) is 16.7. The number of hydrogen-bond acceptors (Lipinski definition) is 7. The van der Waals surface area contributed by atoms with Crippen LogP contribution in [0.1, 0.15) is 53.7 Å². The predicted molar refractivity (Wildman–Crippen MR) is 132 cm³/mol. The van der Waals surface area contributed by atoms with Crippen molar-refractivity contribution < 1.29 is 9.53 Å². The molecule has 0 spiro atoms. The van der Waals surface area contributed by atoms with Gasteiger partial charge in [-0.25, -0.2) is 9.97 Å². The van der Waals surface area contributed by atoms with E-state index in [1.165, 1.54) is 32.1 Å². The van der Waals surface area contributed by atoms with Gasteiger partial charge in [-0.15, -0.1) is 11.3 Å². The Balaban J connectivity index is 1.36. The Morgan fingerprint density at radius 1 is 1.15 bits per heavy atom. The lowest BCUT2D eigenvalue weighted by atomic mass is 9.94. The van der Waals surface area contributed by atoms with Crippen LogP contribution in [0.25, 0.3) is 16.5 Å². The molecular weight excluding hydrogens is 448 g/mol. The zero-order chi connectivity index (χ0) is 23.5. The topological polar surface area (TPSA) is 76.4 Å². The number of rotatable bonds is 6. The summed E-state index contributed by atoms with van der Waals surface area (Å²) in [7, 11) is 1.63. The Hall–Kier alpha value is -2.62. The van der Waals surface area contributed by atoms with Crippen LogP contribution in [0, 0.1) is 6.92 Å². The summed E-state index contributed by atoms with van der Waals surface area (Å²) in [6, 6.07) is 4.75. The van der Waals surface area contributed by atoms with Crippen molar-refractivity contribution >= 4 is 17.2 Å². The molecule has 3 aromatic rings. The van der Waals surface area contributed by atoms with Crippen molar-refractivity contribution in [2.45, 2.75) is 51.7 Å². The number of ether oxygens (including phenoxy) is 1. The maximum atomic E-state index is 13.5. The first kappa shape index (κ1) is 23.1. The molecular formula is C25H32N6O2S. The molecule has 5 rings (SSSR count). The van der Waals surface area contributed by atoms with Crippen molar-refractivity contribution in [3.63, 3.8) is 0 Å². The largest absolute Gasteiger partial charge is 0.378 e. The van der Waals surface area contributed by atoms with Gasteiger partial charge in [-0.1, -0.05) is 25.3 Å². The van der Waals surface area contributed by atoms with Crippen molar-refractivity contribution in [3.05, 3.63) is 46.7 Å². The molecule has 0 bridgehead atoms. The number of methoxy groups -OCH3 is 1. The predicted octanol–water partition coefficient (Wildman–Crippen LogP) is 3.94. The molecule has 180 valence electrons. The van der Waals surface area contributed by atoms with E-state index in [0.29, 0.717) is 23.2 Å². The van der Waals surface area contributed by atoms with Crippen molar-refractivity contribution in [1.82, 2.24) is 29.5 Å². The maximum Gasteiger partial charge on any atom is 0.257 e. The Morgan fingerprint density at radius 3 is 2.65 bits per heavy atom. The Morgan fingerprint density at radius 2 is 1.94 bits per heavy atom. The van der Waals surface area contributed by atoms with Gasteiger partial charge in [-0.2, -0.15) is 9.78 Å².